The smallest absolute Gasteiger partial charge is 0.281 e. The zero-order valence-electron chi connectivity index (χ0n) is 12.0. The fraction of sp³-hybridized carbons (Fsp3) is 0.562. The highest BCUT2D eigenvalue weighted by Gasteiger charge is 2.38. The van der Waals surface area contributed by atoms with E-state index < -0.39 is 17.8 Å². The first kappa shape index (κ1) is 15.8. The Bertz CT molecular complexity index is 519. The minimum atomic E-state index is -4.43. The number of nitriles is 1. The van der Waals surface area contributed by atoms with Gasteiger partial charge in [-0.3, -0.25) is 4.90 Å². The fourth-order valence-corrected chi connectivity index (χ4v) is 3.12. The summed E-state index contributed by atoms with van der Waals surface area (Å²) >= 11 is 0. The number of halogens is 3. The van der Waals surface area contributed by atoms with Crippen LogP contribution in [-0.2, 0) is 6.18 Å². The lowest BCUT2D eigenvalue weighted by molar-refractivity contribution is -0.138. The van der Waals surface area contributed by atoms with Crippen LogP contribution in [-0.4, -0.2) is 17.5 Å². The summed E-state index contributed by atoms with van der Waals surface area (Å²) in [5.74, 6) is 0. The lowest BCUT2D eigenvalue weighted by Gasteiger charge is -2.38. The van der Waals surface area contributed by atoms with Gasteiger partial charge in [-0.1, -0.05) is 31.5 Å². The topological polar surface area (TPSA) is 27.0 Å². The highest BCUT2D eigenvalue weighted by atomic mass is 19.4. The van der Waals surface area contributed by atoms with E-state index in [0.717, 1.165) is 31.7 Å². The SMILES string of the molecule is CCC1CCCCN1C(C#N)c1ccccc1C(F)(F)F. The minimum absolute atomic E-state index is 0.0767. The summed E-state index contributed by atoms with van der Waals surface area (Å²) in [6, 6.07) is 6.88. The number of benzene rings is 1. The number of hydrogen-bond acceptors (Lipinski definition) is 2. The van der Waals surface area contributed by atoms with E-state index in [-0.39, 0.29) is 11.6 Å². The van der Waals surface area contributed by atoms with E-state index in [1.54, 1.807) is 6.07 Å². The monoisotopic (exact) mass is 296 g/mol. The van der Waals surface area contributed by atoms with Gasteiger partial charge in [0.25, 0.3) is 0 Å². The maximum Gasteiger partial charge on any atom is 0.416 e. The third kappa shape index (κ3) is 3.38. The summed E-state index contributed by atoms with van der Waals surface area (Å²) < 4.78 is 39.5. The third-order valence-electron chi connectivity index (χ3n) is 4.16. The number of nitrogens with zero attached hydrogens (tertiary/aromatic N) is 2. The molecule has 2 nitrogen and oxygen atoms in total. The molecule has 0 N–H and O–H groups in total. The van der Waals surface area contributed by atoms with Crippen molar-refractivity contribution in [1.29, 1.82) is 5.26 Å². The first-order chi connectivity index (χ1) is 9.99. The number of piperidine rings is 1. The molecule has 0 amide bonds. The Labute approximate surface area is 123 Å². The average Bonchev–Trinajstić information content (AvgIpc) is 2.48. The molecule has 1 fully saturated rings. The molecule has 0 radical (unpaired) electrons. The summed E-state index contributed by atoms with van der Waals surface area (Å²) in [7, 11) is 0. The third-order valence-corrected chi connectivity index (χ3v) is 4.16. The van der Waals surface area contributed by atoms with Crippen molar-refractivity contribution in [3.8, 4) is 6.07 Å². The Morgan fingerprint density at radius 2 is 2.05 bits per heavy atom. The van der Waals surface area contributed by atoms with Gasteiger partial charge in [0.15, 0.2) is 0 Å². The summed E-state index contributed by atoms with van der Waals surface area (Å²) in [5, 5.41) is 9.48. The second-order valence-corrected chi connectivity index (χ2v) is 5.41. The maximum absolute atomic E-state index is 13.2. The van der Waals surface area contributed by atoms with Crippen molar-refractivity contribution in [1.82, 2.24) is 4.90 Å². The number of alkyl halides is 3. The highest BCUT2D eigenvalue weighted by Crippen LogP contribution is 2.38. The Kier molecular flexibility index (Phi) is 4.89. The van der Waals surface area contributed by atoms with E-state index in [1.807, 2.05) is 11.8 Å². The molecular weight excluding hydrogens is 277 g/mol. The maximum atomic E-state index is 13.2. The van der Waals surface area contributed by atoms with Gasteiger partial charge < -0.3 is 0 Å². The van der Waals surface area contributed by atoms with E-state index in [9.17, 15) is 18.4 Å². The molecule has 0 saturated carbocycles. The molecule has 1 heterocycles. The molecule has 21 heavy (non-hydrogen) atoms. The van der Waals surface area contributed by atoms with Crippen LogP contribution >= 0.6 is 0 Å². The van der Waals surface area contributed by atoms with Gasteiger partial charge >= 0.3 is 6.18 Å². The second-order valence-electron chi connectivity index (χ2n) is 5.41. The first-order valence-electron chi connectivity index (χ1n) is 7.30. The van der Waals surface area contributed by atoms with Gasteiger partial charge in [0.05, 0.1) is 11.6 Å². The zero-order valence-corrected chi connectivity index (χ0v) is 12.0. The molecule has 0 spiro atoms. The number of likely N-dealkylation sites (tertiary alicyclic amines) is 1. The number of hydrogen-bond donors (Lipinski definition) is 0. The van der Waals surface area contributed by atoms with Gasteiger partial charge in [-0.2, -0.15) is 18.4 Å². The molecule has 0 aliphatic carbocycles. The molecule has 0 bridgehead atoms. The molecule has 1 aromatic carbocycles. The largest absolute Gasteiger partial charge is 0.416 e. The molecule has 2 atom stereocenters. The Balaban J connectivity index is 2.40. The summed E-state index contributed by atoms with van der Waals surface area (Å²) in [6.45, 7) is 2.70. The van der Waals surface area contributed by atoms with Crippen LogP contribution < -0.4 is 0 Å². The summed E-state index contributed by atoms with van der Waals surface area (Å²) in [4.78, 5) is 1.94. The van der Waals surface area contributed by atoms with Crippen molar-refractivity contribution in [2.24, 2.45) is 0 Å². The van der Waals surface area contributed by atoms with Crippen LogP contribution in [0.3, 0.4) is 0 Å². The van der Waals surface area contributed by atoms with Gasteiger partial charge in [0.2, 0.25) is 0 Å². The van der Waals surface area contributed by atoms with Crippen LogP contribution in [0.15, 0.2) is 24.3 Å². The van der Waals surface area contributed by atoms with Crippen molar-refractivity contribution in [2.75, 3.05) is 6.54 Å². The zero-order chi connectivity index (χ0) is 15.5. The minimum Gasteiger partial charge on any atom is -0.281 e. The molecule has 1 aromatic rings. The van der Waals surface area contributed by atoms with E-state index in [0.29, 0.717) is 6.54 Å². The van der Waals surface area contributed by atoms with Gasteiger partial charge in [-0.05, 0) is 30.9 Å². The molecule has 1 aliphatic rings. The molecule has 2 rings (SSSR count). The predicted octanol–water partition coefficient (Wildman–Crippen LogP) is 4.53. The van der Waals surface area contributed by atoms with Crippen molar-refractivity contribution in [2.45, 2.75) is 50.9 Å². The van der Waals surface area contributed by atoms with Gasteiger partial charge in [-0.15, -0.1) is 0 Å². The molecule has 114 valence electrons. The van der Waals surface area contributed by atoms with E-state index in [1.165, 1.54) is 12.1 Å². The van der Waals surface area contributed by atoms with E-state index in [2.05, 4.69) is 6.07 Å². The van der Waals surface area contributed by atoms with Crippen LogP contribution in [0, 0.1) is 11.3 Å². The molecule has 5 heteroatoms. The van der Waals surface area contributed by atoms with Gasteiger partial charge in [0, 0.05) is 12.6 Å². The molecule has 1 saturated heterocycles. The van der Waals surface area contributed by atoms with Crippen molar-refractivity contribution < 1.29 is 13.2 Å². The highest BCUT2D eigenvalue weighted by molar-refractivity contribution is 5.35. The molecule has 1 aliphatic heterocycles. The quantitative estimate of drug-likeness (QED) is 0.819. The summed E-state index contributed by atoms with van der Waals surface area (Å²) in [6.07, 6.45) is -0.616. The lowest BCUT2D eigenvalue weighted by Crippen LogP contribution is -2.41. The van der Waals surface area contributed by atoms with Crippen LogP contribution in [0.5, 0.6) is 0 Å². The number of rotatable bonds is 3. The van der Waals surface area contributed by atoms with E-state index in [4.69, 9.17) is 0 Å². The van der Waals surface area contributed by atoms with Crippen LogP contribution in [0.1, 0.15) is 49.8 Å². The van der Waals surface area contributed by atoms with Crippen LogP contribution in [0.25, 0.3) is 0 Å². The fourth-order valence-electron chi connectivity index (χ4n) is 3.12. The predicted molar refractivity (Wildman–Crippen MR) is 74.4 cm³/mol. The van der Waals surface area contributed by atoms with Crippen LogP contribution in [0.4, 0.5) is 13.2 Å². The molecular formula is C16H19F3N2. The second kappa shape index (κ2) is 6.48. The molecule has 0 aromatic heterocycles. The Hall–Kier alpha value is -1.54. The van der Waals surface area contributed by atoms with Crippen molar-refractivity contribution in [3.05, 3.63) is 35.4 Å². The van der Waals surface area contributed by atoms with E-state index >= 15 is 0 Å². The Morgan fingerprint density at radius 1 is 1.33 bits per heavy atom. The molecule has 2 unspecified atom stereocenters. The van der Waals surface area contributed by atoms with Gasteiger partial charge in [-0.25, -0.2) is 0 Å². The standard InChI is InChI=1S/C16H19F3N2/c1-2-12-7-5-6-10-21(12)15(11-20)13-8-3-4-9-14(13)16(17,18)19/h3-4,8-9,12,15H,2,5-7,10H2,1H3. The average molecular weight is 296 g/mol. The van der Waals surface area contributed by atoms with Crippen molar-refractivity contribution in [3.63, 3.8) is 0 Å². The van der Waals surface area contributed by atoms with Crippen LogP contribution in [0.2, 0.25) is 0 Å². The first-order valence-corrected chi connectivity index (χ1v) is 7.30. The lowest BCUT2D eigenvalue weighted by atomic mass is 9.93. The Morgan fingerprint density at radius 3 is 2.67 bits per heavy atom. The van der Waals surface area contributed by atoms with Gasteiger partial charge in [0.1, 0.15) is 6.04 Å². The van der Waals surface area contributed by atoms with Crippen molar-refractivity contribution >= 4 is 0 Å². The normalized spacial score (nSPS) is 21.8. The summed E-state index contributed by atoms with van der Waals surface area (Å²) in [5.41, 5.74) is -0.621.